The molecule has 0 saturated heterocycles. The number of hydrogen-bond donors (Lipinski definition) is 3. The van der Waals surface area contributed by atoms with E-state index in [1.165, 1.54) is 18.4 Å². The SMILES string of the molecule is C=c1ccn(Cc2ccc(C)cc2OC)/c1=C(/N=C(/N)CCC)NCCCCC.O=CO. The van der Waals surface area contributed by atoms with Crippen LogP contribution in [0.2, 0.25) is 0 Å². The average Bonchev–Trinajstić information content (AvgIpc) is 3.12. The standard InChI is InChI=1S/C24H36N4O.CH2O2/c1-6-8-9-14-26-24(27-22(25)10-7-2)23-19(4)13-15-28(23)17-20-12-11-18(3)16-21(20)29-5;2-1-3/h11-13,15-16,26H,4,6-10,14,17H2,1-3,5H3,(H2,25,27);1H,(H,2,3)/b24-23+;. The first-order chi connectivity index (χ1) is 15.4. The van der Waals surface area contributed by atoms with Crippen LogP contribution >= 0.6 is 0 Å². The van der Waals surface area contributed by atoms with Gasteiger partial charge in [-0.25, -0.2) is 4.99 Å². The van der Waals surface area contributed by atoms with Crippen molar-refractivity contribution in [2.24, 2.45) is 10.7 Å². The van der Waals surface area contributed by atoms with Crippen LogP contribution in [0.25, 0.3) is 12.4 Å². The van der Waals surface area contributed by atoms with Crippen LogP contribution in [0.1, 0.15) is 57.1 Å². The second-order valence-electron chi connectivity index (χ2n) is 7.57. The van der Waals surface area contributed by atoms with Gasteiger partial charge in [0, 0.05) is 24.7 Å². The summed E-state index contributed by atoms with van der Waals surface area (Å²) in [6.45, 7) is 11.9. The molecule has 0 unspecified atom stereocenters. The highest BCUT2D eigenvalue weighted by Crippen LogP contribution is 2.20. The maximum atomic E-state index is 8.36. The van der Waals surface area contributed by atoms with Crippen LogP contribution in [0.5, 0.6) is 5.75 Å². The zero-order valence-corrected chi connectivity index (χ0v) is 19.9. The Bertz CT molecular complexity index is 980. The Hall–Kier alpha value is -3.22. The molecule has 0 spiro atoms. The summed E-state index contributed by atoms with van der Waals surface area (Å²) in [4.78, 5) is 13.1. The maximum absolute atomic E-state index is 8.36. The topological polar surface area (TPSA) is 102 Å². The minimum Gasteiger partial charge on any atom is -0.496 e. The van der Waals surface area contributed by atoms with E-state index < -0.39 is 0 Å². The predicted molar refractivity (Wildman–Crippen MR) is 132 cm³/mol. The second kappa shape index (κ2) is 14.7. The summed E-state index contributed by atoms with van der Waals surface area (Å²) in [5, 5.41) is 12.3. The zero-order chi connectivity index (χ0) is 23.9. The van der Waals surface area contributed by atoms with Crippen molar-refractivity contribution in [1.82, 2.24) is 9.88 Å². The van der Waals surface area contributed by atoms with Crippen LogP contribution in [-0.4, -0.2) is 35.6 Å². The number of amidine groups is 1. The number of rotatable bonds is 11. The van der Waals surface area contributed by atoms with E-state index in [1.54, 1.807) is 7.11 Å². The number of unbranched alkanes of at least 4 members (excludes halogenated alkanes) is 2. The molecule has 32 heavy (non-hydrogen) atoms. The number of aryl methyl sites for hydroxylation is 1. The van der Waals surface area contributed by atoms with E-state index in [9.17, 15) is 0 Å². The predicted octanol–water partition coefficient (Wildman–Crippen LogP) is 2.97. The van der Waals surface area contributed by atoms with Crippen molar-refractivity contribution >= 4 is 24.7 Å². The van der Waals surface area contributed by atoms with Crippen molar-refractivity contribution in [1.29, 1.82) is 0 Å². The molecule has 0 saturated carbocycles. The molecule has 0 aliphatic rings. The molecular weight excluding hydrogens is 404 g/mol. The number of aliphatic imine (C=N–C) groups is 1. The largest absolute Gasteiger partial charge is 0.496 e. The Morgan fingerprint density at radius 2 is 2.00 bits per heavy atom. The number of methoxy groups -OCH3 is 1. The molecule has 1 aromatic carbocycles. The third-order valence-corrected chi connectivity index (χ3v) is 4.89. The van der Waals surface area contributed by atoms with Crippen LogP contribution < -0.4 is 26.4 Å². The van der Waals surface area contributed by atoms with Gasteiger partial charge in [-0.1, -0.05) is 45.4 Å². The lowest BCUT2D eigenvalue weighted by molar-refractivity contribution is -0.122. The van der Waals surface area contributed by atoms with Crippen LogP contribution in [0.3, 0.4) is 0 Å². The van der Waals surface area contributed by atoms with Crippen molar-refractivity contribution in [3.05, 3.63) is 52.2 Å². The molecule has 0 radical (unpaired) electrons. The number of nitrogens with one attached hydrogen (secondary N) is 1. The van der Waals surface area contributed by atoms with Crippen molar-refractivity contribution < 1.29 is 14.6 Å². The van der Waals surface area contributed by atoms with Crippen molar-refractivity contribution in [3.8, 4) is 5.75 Å². The Morgan fingerprint density at radius 1 is 1.28 bits per heavy atom. The minimum atomic E-state index is -0.250. The highest BCUT2D eigenvalue weighted by molar-refractivity contribution is 5.83. The molecule has 4 N–H and O–H groups in total. The van der Waals surface area contributed by atoms with Gasteiger partial charge in [-0.05, 0) is 42.7 Å². The van der Waals surface area contributed by atoms with E-state index in [0.717, 1.165) is 53.5 Å². The highest BCUT2D eigenvalue weighted by Gasteiger charge is 2.08. The summed E-state index contributed by atoms with van der Waals surface area (Å²) in [7, 11) is 1.71. The molecule has 1 heterocycles. The average molecular weight is 443 g/mol. The molecule has 7 heteroatoms. The smallest absolute Gasteiger partial charge is 0.290 e. The van der Waals surface area contributed by atoms with E-state index in [1.807, 2.05) is 6.07 Å². The summed E-state index contributed by atoms with van der Waals surface area (Å²) in [6.07, 6.45) is 7.27. The van der Waals surface area contributed by atoms with Crippen LogP contribution in [-0.2, 0) is 11.3 Å². The molecule has 1 aromatic heterocycles. The number of hydrogen-bond acceptors (Lipinski definition) is 4. The number of benzene rings is 1. The lowest BCUT2D eigenvalue weighted by atomic mass is 10.1. The Balaban J connectivity index is 0.00000161. The number of nitrogens with two attached hydrogens (primary N) is 1. The molecular formula is C25H38N4O3. The van der Waals surface area contributed by atoms with Gasteiger partial charge in [-0.15, -0.1) is 0 Å². The molecule has 0 bridgehead atoms. The van der Waals surface area contributed by atoms with Gasteiger partial charge in [0.05, 0.1) is 19.0 Å². The molecule has 0 fully saturated rings. The number of carbonyl (C=O) groups is 1. The number of ether oxygens (including phenoxy) is 1. The Kier molecular flexibility index (Phi) is 12.3. The van der Waals surface area contributed by atoms with Crippen LogP contribution in [0.4, 0.5) is 0 Å². The fraction of sp³-hybridized carbons (Fsp3) is 0.440. The molecule has 7 nitrogen and oxygen atoms in total. The van der Waals surface area contributed by atoms with Gasteiger partial charge in [0.2, 0.25) is 0 Å². The van der Waals surface area contributed by atoms with Gasteiger partial charge >= 0.3 is 0 Å². The first-order valence-corrected chi connectivity index (χ1v) is 11.1. The Labute approximate surface area is 191 Å². The molecule has 176 valence electrons. The number of carboxylic acid groups (broad SMARTS) is 1. The van der Waals surface area contributed by atoms with E-state index in [0.29, 0.717) is 12.4 Å². The fourth-order valence-corrected chi connectivity index (χ4v) is 3.32. The minimum absolute atomic E-state index is 0.250. The van der Waals surface area contributed by atoms with Crippen LogP contribution in [0.15, 0.2) is 35.5 Å². The van der Waals surface area contributed by atoms with E-state index in [-0.39, 0.29) is 6.47 Å². The van der Waals surface area contributed by atoms with E-state index >= 15 is 0 Å². The van der Waals surface area contributed by atoms with Crippen molar-refractivity contribution in [2.45, 2.75) is 59.4 Å². The summed E-state index contributed by atoms with van der Waals surface area (Å²) >= 11 is 0. The van der Waals surface area contributed by atoms with Gasteiger partial charge in [0.1, 0.15) is 11.6 Å². The molecule has 0 aliphatic carbocycles. The zero-order valence-electron chi connectivity index (χ0n) is 19.9. The molecule has 2 rings (SSSR count). The lowest BCUT2D eigenvalue weighted by Gasteiger charge is -2.13. The summed E-state index contributed by atoms with van der Waals surface area (Å²) in [5.74, 6) is 2.33. The van der Waals surface area contributed by atoms with Crippen molar-refractivity contribution in [2.75, 3.05) is 13.7 Å². The van der Waals surface area contributed by atoms with Gasteiger partial charge in [-0.2, -0.15) is 0 Å². The number of aromatic nitrogens is 1. The van der Waals surface area contributed by atoms with Gasteiger partial charge < -0.3 is 25.5 Å². The molecule has 0 atom stereocenters. The van der Waals surface area contributed by atoms with Crippen LogP contribution in [0, 0.1) is 6.92 Å². The monoisotopic (exact) mass is 442 g/mol. The van der Waals surface area contributed by atoms with Gasteiger partial charge in [0.25, 0.3) is 6.47 Å². The number of nitrogens with zero attached hydrogens (tertiary/aromatic N) is 2. The van der Waals surface area contributed by atoms with E-state index in [4.69, 9.17) is 25.4 Å². The summed E-state index contributed by atoms with van der Waals surface area (Å²) < 4.78 is 7.76. The molecule has 2 aromatic rings. The third-order valence-electron chi connectivity index (χ3n) is 4.89. The quantitative estimate of drug-likeness (QED) is 0.215. The highest BCUT2D eigenvalue weighted by atomic mass is 16.5. The van der Waals surface area contributed by atoms with Crippen molar-refractivity contribution in [3.63, 3.8) is 0 Å². The normalized spacial score (nSPS) is 11.9. The summed E-state index contributed by atoms with van der Waals surface area (Å²) in [6, 6.07) is 8.31. The Morgan fingerprint density at radius 3 is 2.62 bits per heavy atom. The third kappa shape index (κ3) is 8.49. The first kappa shape index (κ1) is 26.8. The maximum Gasteiger partial charge on any atom is 0.290 e. The molecule has 0 amide bonds. The first-order valence-electron chi connectivity index (χ1n) is 11.1. The lowest BCUT2D eigenvalue weighted by Crippen LogP contribution is -2.36. The van der Waals surface area contributed by atoms with Gasteiger partial charge in [0.15, 0.2) is 5.82 Å². The fourth-order valence-electron chi connectivity index (χ4n) is 3.32. The van der Waals surface area contributed by atoms with E-state index in [2.05, 4.69) is 61.6 Å². The molecule has 0 aliphatic heterocycles. The second-order valence-corrected chi connectivity index (χ2v) is 7.57. The van der Waals surface area contributed by atoms with Gasteiger partial charge in [-0.3, -0.25) is 4.79 Å². The summed E-state index contributed by atoms with van der Waals surface area (Å²) in [5.41, 5.74) is 8.47.